The van der Waals surface area contributed by atoms with Crippen LogP contribution in [0.2, 0.25) is 0 Å². The number of hydrogen-bond donors (Lipinski definition) is 2. The lowest BCUT2D eigenvalue weighted by molar-refractivity contribution is -0.123. The van der Waals surface area contributed by atoms with E-state index in [4.69, 9.17) is 5.73 Å². The lowest BCUT2D eigenvalue weighted by Gasteiger charge is -2.40. The first-order valence-corrected chi connectivity index (χ1v) is 7.09. The Kier molecular flexibility index (Phi) is 3.70. The molecule has 2 aliphatic rings. The third kappa shape index (κ3) is 3.04. The first kappa shape index (κ1) is 13.8. The number of piperidine rings is 1. The van der Waals surface area contributed by atoms with Crippen molar-refractivity contribution in [3.63, 3.8) is 0 Å². The summed E-state index contributed by atoms with van der Waals surface area (Å²) in [5.41, 5.74) is 5.53. The van der Waals surface area contributed by atoms with E-state index in [9.17, 15) is 4.79 Å². The molecule has 0 aromatic heterocycles. The van der Waals surface area contributed by atoms with Crippen LogP contribution in [-0.2, 0) is 4.79 Å². The van der Waals surface area contributed by atoms with E-state index in [0.717, 1.165) is 19.4 Å². The van der Waals surface area contributed by atoms with Crippen molar-refractivity contribution in [1.82, 2.24) is 10.2 Å². The van der Waals surface area contributed by atoms with Crippen LogP contribution in [0, 0.1) is 11.3 Å². The minimum absolute atomic E-state index is 0.0449. The highest BCUT2D eigenvalue weighted by molar-refractivity contribution is 5.88. The van der Waals surface area contributed by atoms with Gasteiger partial charge in [0.2, 0.25) is 5.91 Å². The van der Waals surface area contributed by atoms with Crippen LogP contribution >= 0.6 is 0 Å². The number of nitrogens with two attached hydrogens (primary N) is 1. The summed E-state index contributed by atoms with van der Waals surface area (Å²) < 4.78 is 0. The number of rotatable bonds is 4. The van der Waals surface area contributed by atoms with Crippen molar-refractivity contribution in [3.05, 3.63) is 0 Å². The van der Waals surface area contributed by atoms with Crippen LogP contribution in [0.15, 0.2) is 0 Å². The van der Waals surface area contributed by atoms with Crippen molar-refractivity contribution in [1.29, 1.82) is 0 Å². The Morgan fingerprint density at radius 3 is 2.44 bits per heavy atom. The summed E-state index contributed by atoms with van der Waals surface area (Å²) in [6, 6.07) is 0. The van der Waals surface area contributed by atoms with E-state index in [1.165, 1.54) is 25.9 Å². The summed E-state index contributed by atoms with van der Waals surface area (Å²) in [4.78, 5) is 14.2. The molecular weight excluding hydrogens is 226 g/mol. The maximum absolute atomic E-state index is 11.9. The van der Waals surface area contributed by atoms with Crippen molar-refractivity contribution in [2.75, 3.05) is 26.7 Å². The van der Waals surface area contributed by atoms with Crippen molar-refractivity contribution < 1.29 is 4.79 Å². The number of nitrogens with one attached hydrogen (secondary N) is 1. The van der Waals surface area contributed by atoms with Crippen molar-refractivity contribution in [2.24, 2.45) is 17.1 Å². The van der Waals surface area contributed by atoms with E-state index in [-0.39, 0.29) is 11.3 Å². The van der Waals surface area contributed by atoms with E-state index in [1.807, 2.05) is 0 Å². The second-order valence-corrected chi connectivity index (χ2v) is 6.90. The van der Waals surface area contributed by atoms with Gasteiger partial charge in [0.05, 0.1) is 5.54 Å². The predicted octanol–water partition coefficient (Wildman–Crippen LogP) is 0.962. The molecule has 1 amide bonds. The summed E-state index contributed by atoms with van der Waals surface area (Å²) in [6.07, 6.45) is 4.14. The molecule has 1 aliphatic carbocycles. The van der Waals surface area contributed by atoms with Gasteiger partial charge in [-0.3, -0.25) is 4.79 Å². The van der Waals surface area contributed by atoms with Crippen LogP contribution in [0.25, 0.3) is 0 Å². The number of carbonyl (C=O) groups excluding carboxylic acids is 1. The molecule has 1 saturated heterocycles. The SMILES string of the molecule is CN1CCC(C(C)(C)CNC(=O)C2(N)CC2)CC1. The largest absolute Gasteiger partial charge is 0.354 e. The number of hydrogen-bond acceptors (Lipinski definition) is 3. The van der Waals surface area contributed by atoms with Crippen molar-refractivity contribution >= 4 is 5.91 Å². The Morgan fingerprint density at radius 1 is 1.39 bits per heavy atom. The smallest absolute Gasteiger partial charge is 0.240 e. The van der Waals surface area contributed by atoms with Gasteiger partial charge in [0.15, 0.2) is 0 Å². The maximum atomic E-state index is 11.9. The van der Waals surface area contributed by atoms with Crippen LogP contribution in [0.1, 0.15) is 39.5 Å². The van der Waals surface area contributed by atoms with Crippen molar-refractivity contribution in [3.8, 4) is 0 Å². The Balaban J connectivity index is 1.81. The first-order chi connectivity index (χ1) is 8.33. The van der Waals surface area contributed by atoms with Crippen LogP contribution < -0.4 is 11.1 Å². The Labute approximate surface area is 110 Å². The fraction of sp³-hybridized carbons (Fsp3) is 0.929. The fourth-order valence-electron chi connectivity index (χ4n) is 2.78. The van der Waals surface area contributed by atoms with Crippen LogP contribution in [0.3, 0.4) is 0 Å². The maximum Gasteiger partial charge on any atom is 0.240 e. The van der Waals surface area contributed by atoms with Gasteiger partial charge in [-0.05, 0) is 57.2 Å². The summed E-state index contributed by atoms with van der Waals surface area (Å²) in [5, 5.41) is 3.06. The molecule has 0 spiro atoms. The summed E-state index contributed by atoms with van der Waals surface area (Å²) in [6.45, 7) is 7.61. The molecule has 3 N–H and O–H groups in total. The van der Waals surface area contributed by atoms with Gasteiger partial charge in [-0.25, -0.2) is 0 Å². The number of nitrogens with zero attached hydrogens (tertiary/aromatic N) is 1. The molecule has 1 saturated carbocycles. The molecule has 2 rings (SSSR count). The Hall–Kier alpha value is -0.610. The molecule has 4 nitrogen and oxygen atoms in total. The molecule has 0 atom stereocenters. The highest BCUT2D eigenvalue weighted by Crippen LogP contribution is 2.35. The van der Waals surface area contributed by atoms with Gasteiger partial charge < -0.3 is 16.0 Å². The first-order valence-electron chi connectivity index (χ1n) is 7.09. The molecular formula is C14H27N3O. The zero-order valence-corrected chi connectivity index (χ0v) is 12.0. The lowest BCUT2D eigenvalue weighted by Crippen LogP contribution is -2.48. The van der Waals surface area contributed by atoms with Gasteiger partial charge in [0.25, 0.3) is 0 Å². The Morgan fingerprint density at radius 2 is 1.94 bits per heavy atom. The second kappa shape index (κ2) is 4.82. The molecule has 104 valence electrons. The standard InChI is InChI=1S/C14H27N3O/c1-13(2,11-4-8-17(3)9-5-11)10-16-12(18)14(15)6-7-14/h11H,4-10,15H2,1-3H3,(H,16,18). The predicted molar refractivity (Wildman–Crippen MR) is 73.2 cm³/mol. The fourth-order valence-corrected chi connectivity index (χ4v) is 2.78. The number of amides is 1. The van der Waals surface area contributed by atoms with Crippen LogP contribution in [-0.4, -0.2) is 43.0 Å². The molecule has 0 bridgehead atoms. The minimum Gasteiger partial charge on any atom is -0.354 e. The van der Waals surface area contributed by atoms with E-state index in [0.29, 0.717) is 5.92 Å². The highest BCUT2D eigenvalue weighted by atomic mass is 16.2. The average molecular weight is 253 g/mol. The third-order valence-electron chi connectivity index (χ3n) is 4.77. The quantitative estimate of drug-likeness (QED) is 0.784. The zero-order valence-electron chi connectivity index (χ0n) is 12.0. The van der Waals surface area contributed by atoms with Crippen molar-refractivity contribution in [2.45, 2.75) is 45.1 Å². The topological polar surface area (TPSA) is 58.4 Å². The summed E-state index contributed by atoms with van der Waals surface area (Å²) >= 11 is 0. The lowest BCUT2D eigenvalue weighted by atomic mass is 9.73. The molecule has 0 unspecified atom stereocenters. The molecule has 1 heterocycles. The summed E-state index contributed by atoms with van der Waals surface area (Å²) in [7, 11) is 2.18. The monoisotopic (exact) mass is 253 g/mol. The van der Waals surface area contributed by atoms with Gasteiger partial charge in [0, 0.05) is 6.54 Å². The van der Waals surface area contributed by atoms with Gasteiger partial charge >= 0.3 is 0 Å². The van der Waals surface area contributed by atoms with Gasteiger partial charge in [-0.15, -0.1) is 0 Å². The number of likely N-dealkylation sites (tertiary alicyclic amines) is 1. The molecule has 18 heavy (non-hydrogen) atoms. The Bertz CT molecular complexity index is 315. The van der Waals surface area contributed by atoms with Gasteiger partial charge in [-0.2, -0.15) is 0 Å². The summed E-state index contributed by atoms with van der Waals surface area (Å²) in [5.74, 6) is 0.741. The third-order valence-corrected chi connectivity index (χ3v) is 4.77. The van der Waals surface area contributed by atoms with E-state index >= 15 is 0 Å². The van der Waals surface area contributed by atoms with Crippen LogP contribution in [0.4, 0.5) is 0 Å². The van der Waals surface area contributed by atoms with E-state index in [2.05, 4.69) is 31.1 Å². The molecule has 0 radical (unpaired) electrons. The average Bonchev–Trinajstić information content (AvgIpc) is 3.06. The van der Waals surface area contributed by atoms with E-state index < -0.39 is 5.54 Å². The van der Waals surface area contributed by atoms with E-state index in [1.54, 1.807) is 0 Å². The minimum atomic E-state index is -0.539. The molecule has 0 aromatic rings. The van der Waals surface area contributed by atoms with Crippen LogP contribution in [0.5, 0.6) is 0 Å². The molecule has 4 heteroatoms. The normalized spacial score (nSPS) is 24.9. The molecule has 2 fully saturated rings. The van der Waals surface area contributed by atoms with Gasteiger partial charge in [0.1, 0.15) is 0 Å². The highest BCUT2D eigenvalue weighted by Gasteiger charge is 2.46. The zero-order chi connectivity index (χ0) is 13.4. The molecule has 0 aromatic carbocycles. The second-order valence-electron chi connectivity index (χ2n) is 6.90. The van der Waals surface area contributed by atoms with Gasteiger partial charge in [-0.1, -0.05) is 13.8 Å². The number of carbonyl (C=O) groups is 1. The molecule has 1 aliphatic heterocycles.